The number of benzene rings is 1. The van der Waals surface area contributed by atoms with Gasteiger partial charge in [0.05, 0.1) is 11.9 Å². The molecule has 0 atom stereocenters. The fourth-order valence-electron chi connectivity index (χ4n) is 2.16. The van der Waals surface area contributed by atoms with E-state index in [1.54, 1.807) is 0 Å². The molecule has 0 aliphatic carbocycles. The van der Waals surface area contributed by atoms with Gasteiger partial charge >= 0.3 is 0 Å². The molecule has 0 fully saturated rings. The summed E-state index contributed by atoms with van der Waals surface area (Å²) in [6, 6.07) is 10.4. The molecular weight excluding hydrogens is 260 g/mol. The molecule has 2 rings (SSSR count). The molecule has 1 heterocycles. The normalized spacial score (nSPS) is 10.6. The third kappa shape index (κ3) is 4.53. The molecule has 4 nitrogen and oxygen atoms in total. The van der Waals surface area contributed by atoms with E-state index in [0.29, 0.717) is 0 Å². The minimum Gasteiger partial charge on any atom is -0.325 e. The molecule has 0 saturated carbocycles. The highest BCUT2D eigenvalue weighted by Gasteiger charge is 2.11. The second-order valence-corrected chi connectivity index (χ2v) is 4.99. The Hall–Kier alpha value is -1.94. The molecule has 0 amide bonds. The van der Waals surface area contributed by atoms with E-state index in [1.807, 2.05) is 18.5 Å². The zero-order valence-corrected chi connectivity index (χ0v) is 12.9. The standard InChI is InChI=1S/C17H24N4/c1-3-5-11-21(16-9-7-6-8-10-16)17-14-19-13-15(20-17)12-18-4-2/h6-10,13-14,18H,3-5,11-12H2,1-2H3. The van der Waals surface area contributed by atoms with Crippen LogP contribution in [0.4, 0.5) is 11.5 Å². The van der Waals surface area contributed by atoms with Gasteiger partial charge in [0.1, 0.15) is 0 Å². The molecule has 4 heteroatoms. The van der Waals surface area contributed by atoms with Gasteiger partial charge in [-0.3, -0.25) is 4.98 Å². The number of nitrogens with zero attached hydrogens (tertiary/aromatic N) is 3. The van der Waals surface area contributed by atoms with E-state index in [2.05, 4.69) is 53.3 Å². The molecular formula is C17H24N4. The second kappa shape index (κ2) is 8.37. The van der Waals surface area contributed by atoms with Crippen LogP contribution in [0.3, 0.4) is 0 Å². The minimum atomic E-state index is 0.758. The molecule has 0 aliphatic heterocycles. The van der Waals surface area contributed by atoms with Gasteiger partial charge in [-0.15, -0.1) is 0 Å². The van der Waals surface area contributed by atoms with E-state index in [4.69, 9.17) is 4.98 Å². The third-order valence-corrected chi connectivity index (χ3v) is 3.31. The Morgan fingerprint density at radius 3 is 2.62 bits per heavy atom. The molecule has 2 aromatic rings. The Bertz CT molecular complexity index is 527. The van der Waals surface area contributed by atoms with Gasteiger partial charge in [0, 0.05) is 25.0 Å². The molecule has 1 aromatic heterocycles. The van der Waals surface area contributed by atoms with Crippen LogP contribution in [0.15, 0.2) is 42.7 Å². The maximum Gasteiger partial charge on any atom is 0.151 e. The van der Waals surface area contributed by atoms with Gasteiger partial charge in [0.2, 0.25) is 0 Å². The summed E-state index contributed by atoms with van der Waals surface area (Å²) in [5.41, 5.74) is 2.15. The van der Waals surface area contributed by atoms with Crippen LogP contribution in [-0.4, -0.2) is 23.1 Å². The number of unbranched alkanes of at least 4 members (excludes halogenated alkanes) is 1. The molecule has 0 spiro atoms. The van der Waals surface area contributed by atoms with Crippen molar-refractivity contribution in [2.75, 3.05) is 18.0 Å². The molecule has 1 N–H and O–H groups in total. The number of rotatable bonds is 8. The molecule has 0 unspecified atom stereocenters. The van der Waals surface area contributed by atoms with Crippen molar-refractivity contribution < 1.29 is 0 Å². The maximum absolute atomic E-state index is 4.74. The van der Waals surface area contributed by atoms with E-state index in [-0.39, 0.29) is 0 Å². The lowest BCUT2D eigenvalue weighted by molar-refractivity contribution is 0.703. The summed E-state index contributed by atoms with van der Waals surface area (Å²) < 4.78 is 0. The van der Waals surface area contributed by atoms with Gasteiger partial charge < -0.3 is 10.2 Å². The summed E-state index contributed by atoms with van der Waals surface area (Å²) in [6.07, 6.45) is 5.97. The molecule has 0 bridgehead atoms. The van der Waals surface area contributed by atoms with Gasteiger partial charge in [-0.05, 0) is 25.1 Å². The lowest BCUT2D eigenvalue weighted by atomic mass is 10.2. The summed E-state index contributed by atoms with van der Waals surface area (Å²) >= 11 is 0. The first-order chi connectivity index (χ1) is 10.3. The van der Waals surface area contributed by atoms with E-state index in [0.717, 1.165) is 44.0 Å². The van der Waals surface area contributed by atoms with Crippen LogP contribution in [0.2, 0.25) is 0 Å². The number of hydrogen-bond donors (Lipinski definition) is 1. The van der Waals surface area contributed by atoms with Crippen LogP contribution in [0.25, 0.3) is 0 Å². The Morgan fingerprint density at radius 1 is 1.10 bits per heavy atom. The smallest absolute Gasteiger partial charge is 0.151 e. The van der Waals surface area contributed by atoms with E-state index >= 15 is 0 Å². The van der Waals surface area contributed by atoms with Gasteiger partial charge in [0.25, 0.3) is 0 Å². The Morgan fingerprint density at radius 2 is 1.90 bits per heavy atom. The zero-order chi connectivity index (χ0) is 14.9. The Balaban J connectivity index is 2.23. The quantitative estimate of drug-likeness (QED) is 0.805. The number of aromatic nitrogens is 2. The fourth-order valence-corrected chi connectivity index (χ4v) is 2.16. The van der Waals surface area contributed by atoms with E-state index in [1.165, 1.54) is 5.69 Å². The first-order valence-corrected chi connectivity index (χ1v) is 7.69. The van der Waals surface area contributed by atoms with Gasteiger partial charge in [0.15, 0.2) is 5.82 Å². The average Bonchev–Trinajstić information content (AvgIpc) is 2.55. The second-order valence-electron chi connectivity index (χ2n) is 4.99. The van der Waals surface area contributed by atoms with Gasteiger partial charge in [-0.1, -0.05) is 38.5 Å². The summed E-state index contributed by atoms with van der Waals surface area (Å²) in [4.78, 5) is 11.3. The van der Waals surface area contributed by atoms with Crippen molar-refractivity contribution in [3.63, 3.8) is 0 Å². The van der Waals surface area contributed by atoms with Crippen molar-refractivity contribution in [2.45, 2.75) is 33.2 Å². The predicted octanol–water partition coefficient (Wildman–Crippen LogP) is 3.52. The lowest BCUT2D eigenvalue weighted by Gasteiger charge is -2.23. The monoisotopic (exact) mass is 284 g/mol. The molecule has 21 heavy (non-hydrogen) atoms. The Labute approximate surface area is 127 Å². The molecule has 0 aliphatic rings. The number of nitrogens with one attached hydrogen (secondary N) is 1. The number of hydrogen-bond acceptors (Lipinski definition) is 4. The number of para-hydroxylation sites is 1. The van der Waals surface area contributed by atoms with Crippen LogP contribution in [0, 0.1) is 0 Å². The topological polar surface area (TPSA) is 41.1 Å². The molecule has 0 saturated heterocycles. The van der Waals surface area contributed by atoms with Crippen molar-refractivity contribution >= 4 is 11.5 Å². The molecule has 112 valence electrons. The highest BCUT2D eigenvalue weighted by Crippen LogP contribution is 2.23. The molecule has 1 aromatic carbocycles. The van der Waals surface area contributed by atoms with Crippen molar-refractivity contribution in [3.8, 4) is 0 Å². The highest BCUT2D eigenvalue weighted by molar-refractivity contribution is 5.59. The first-order valence-electron chi connectivity index (χ1n) is 7.69. The van der Waals surface area contributed by atoms with Crippen molar-refractivity contribution in [1.82, 2.24) is 15.3 Å². The summed E-state index contributed by atoms with van der Waals surface area (Å²) in [7, 11) is 0. The van der Waals surface area contributed by atoms with Crippen molar-refractivity contribution in [2.24, 2.45) is 0 Å². The SMILES string of the molecule is CCCCN(c1ccccc1)c1cncc(CNCC)n1. The zero-order valence-electron chi connectivity index (χ0n) is 12.9. The van der Waals surface area contributed by atoms with Crippen LogP contribution in [0.5, 0.6) is 0 Å². The minimum absolute atomic E-state index is 0.758. The largest absolute Gasteiger partial charge is 0.325 e. The van der Waals surface area contributed by atoms with Crippen LogP contribution >= 0.6 is 0 Å². The lowest BCUT2D eigenvalue weighted by Crippen LogP contribution is -2.21. The predicted molar refractivity (Wildman–Crippen MR) is 87.8 cm³/mol. The van der Waals surface area contributed by atoms with Crippen molar-refractivity contribution in [1.29, 1.82) is 0 Å². The van der Waals surface area contributed by atoms with Gasteiger partial charge in [-0.25, -0.2) is 4.98 Å². The van der Waals surface area contributed by atoms with Gasteiger partial charge in [-0.2, -0.15) is 0 Å². The van der Waals surface area contributed by atoms with E-state index < -0.39 is 0 Å². The summed E-state index contributed by atoms with van der Waals surface area (Å²) in [5, 5.41) is 3.29. The highest BCUT2D eigenvalue weighted by atomic mass is 15.2. The van der Waals surface area contributed by atoms with Crippen LogP contribution in [0.1, 0.15) is 32.4 Å². The first kappa shape index (κ1) is 15.4. The summed E-state index contributed by atoms with van der Waals surface area (Å²) in [6.45, 7) is 6.95. The maximum atomic E-state index is 4.74. The van der Waals surface area contributed by atoms with Crippen molar-refractivity contribution in [3.05, 3.63) is 48.4 Å². The fraction of sp³-hybridized carbons (Fsp3) is 0.412. The average molecular weight is 284 g/mol. The van der Waals surface area contributed by atoms with E-state index in [9.17, 15) is 0 Å². The summed E-state index contributed by atoms with van der Waals surface area (Å²) in [5.74, 6) is 0.921. The third-order valence-electron chi connectivity index (χ3n) is 3.31. The Kier molecular flexibility index (Phi) is 6.16. The van der Waals surface area contributed by atoms with Crippen LogP contribution < -0.4 is 10.2 Å². The molecule has 0 radical (unpaired) electrons. The van der Waals surface area contributed by atoms with Crippen LogP contribution in [-0.2, 0) is 6.54 Å². The number of anilines is 2.